The number of aliphatic carboxylic acids is 1. The minimum Gasteiger partial charge on any atom is -0.480 e. The normalized spacial score (nSPS) is 16.1. The van der Waals surface area contributed by atoms with Crippen molar-refractivity contribution in [3.63, 3.8) is 0 Å². The maximum Gasteiger partial charge on any atom is 0.326 e. The van der Waals surface area contributed by atoms with Crippen LogP contribution in [0.2, 0.25) is 0 Å². The Hall–Kier alpha value is -8.21. The van der Waals surface area contributed by atoms with Crippen molar-refractivity contribution in [1.29, 1.82) is 5.41 Å². The molecule has 0 saturated carbocycles. The van der Waals surface area contributed by atoms with Crippen molar-refractivity contribution in [2.24, 2.45) is 11.5 Å². The molecule has 0 bridgehead atoms. The Kier molecular flexibility index (Phi) is 23.3. The van der Waals surface area contributed by atoms with Gasteiger partial charge in [0.1, 0.15) is 42.3 Å². The number of amides is 7. The molecule has 22 heteroatoms. The number of carboxylic acid groups (broad SMARTS) is 1. The van der Waals surface area contributed by atoms with Gasteiger partial charge in [0.15, 0.2) is 5.96 Å². The van der Waals surface area contributed by atoms with Crippen molar-refractivity contribution in [2.45, 2.75) is 126 Å². The Morgan fingerprint density at radius 3 is 1.79 bits per heavy atom. The lowest BCUT2D eigenvalue weighted by Gasteiger charge is -2.38. The summed E-state index contributed by atoms with van der Waals surface area (Å²) in [5.41, 5.74) is 14.6. The number of hydrogen-bond donors (Lipinski definition) is 12. The van der Waals surface area contributed by atoms with Crippen molar-refractivity contribution in [3.8, 4) is 0 Å². The Bertz CT molecular complexity index is 2990. The van der Waals surface area contributed by atoms with Crippen molar-refractivity contribution >= 4 is 80.0 Å². The number of likely N-dealkylation sites (tertiary alicyclic amines) is 1. The van der Waals surface area contributed by atoms with Crippen LogP contribution in [-0.2, 0) is 64.0 Å². The number of halogens is 1. The van der Waals surface area contributed by atoms with Gasteiger partial charge in [0.05, 0.1) is 12.1 Å². The van der Waals surface area contributed by atoms with Crippen LogP contribution in [0.3, 0.4) is 0 Å². The molecule has 5 aromatic rings. The molecule has 81 heavy (non-hydrogen) atoms. The molecule has 430 valence electrons. The molecule has 0 aromatic heterocycles. The van der Waals surface area contributed by atoms with E-state index in [1.54, 1.807) is 60.7 Å². The molecule has 21 nitrogen and oxygen atoms in total. The minimum absolute atomic E-state index is 0.00633. The molecule has 9 atom stereocenters. The van der Waals surface area contributed by atoms with E-state index < -0.39 is 102 Å². The average molecular weight is 1180 g/mol. The van der Waals surface area contributed by atoms with E-state index in [4.69, 9.17) is 16.9 Å². The number of nitrogens with zero attached hydrogens (tertiary/aromatic N) is 1. The van der Waals surface area contributed by atoms with Gasteiger partial charge in [0, 0.05) is 36.8 Å². The molecule has 1 fully saturated rings. The number of hydrogen-bond acceptors (Lipinski definition) is 11. The van der Waals surface area contributed by atoms with E-state index in [9.17, 15) is 48.6 Å². The lowest BCUT2D eigenvalue weighted by Crippen LogP contribution is -2.63. The van der Waals surface area contributed by atoms with Gasteiger partial charge < -0.3 is 63.8 Å². The zero-order valence-electron chi connectivity index (χ0n) is 45.2. The molecule has 1 saturated heterocycles. The number of carbonyl (C=O) groups is 8. The van der Waals surface area contributed by atoms with Gasteiger partial charge in [0.2, 0.25) is 41.4 Å². The molecule has 0 spiro atoms. The molecule has 1 heterocycles. The summed E-state index contributed by atoms with van der Waals surface area (Å²) >= 11 is 3.41. The zero-order valence-corrected chi connectivity index (χ0v) is 46.8. The number of fused-ring (bicyclic) bond motifs is 1. The molecule has 1 aliphatic rings. The Labute approximate surface area is 478 Å². The highest BCUT2D eigenvalue weighted by Crippen LogP contribution is 2.22. The average Bonchev–Trinajstić information content (AvgIpc) is 3.45. The summed E-state index contributed by atoms with van der Waals surface area (Å²) in [5.74, 6) is -6.94. The standard InChI is InChI=1S/C59H72BrN11O10/c1-35(51(73)69-48(58(80)81)33-38-16-7-4-8-17-38)65-53(75)45(20-13-28-64-59(62)63)66-54(76)47(34-40-22-25-41-18-9-10-19-42(41)30-40)68-56(78)49-21-11-12-29-71(49)57(79)50(36(2)72)70-55(77)46(32-39-23-26-43(60)27-24-39)67-52(74)44(61)31-37-14-5-3-6-15-37/h3-10,14-19,22-27,30,35-36,44-50,72H,11-13,20-21,28-29,31-34,61H2,1-2H3,(H,65,75)(H,66,76)(H,67,74)(H,68,78)(H,69,73)(H,70,77)(H,80,81)(H4,62,63,64)/t35-,36-,44+,45-,46-,47-,48+,49-,50+/m0/s1. The van der Waals surface area contributed by atoms with E-state index in [2.05, 4.69) is 53.1 Å². The summed E-state index contributed by atoms with van der Waals surface area (Å²) in [7, 11) is 0. The molecule has 1 aliphatic heterocycles. The second-order valence-electron chi connectivity index (χ2n) is 20.3. The third-order valence-electron chi connectivity index (χ3n) is 13.9. The summed E-state index contributed by atoms with van der Waals surface area (Å²) in [6, 6.07) is 27.6. The van der Waals surface area contributed by atoms with E-state index in [-0.39, 0.29) is 64.0 Å². The predicted octanol–water partition coefficient (Wildman–Crippen LogP) is 2.24. The minimum atomic E-state index is -1.59. The van der Waals surface area contributed by atoms with Crippen molar-refractivity contribution < 1.29 is 48.6 Å². The number of aliphatic hydroxyl groups excluding tert-OH is 1. The number of nitrogens with one attached hydrogen (secondary N) is 8. The van der Waals surface area contributed by atoms with Crippen LogP contribution in [0.5, 0.6) is 0 Å². The van der Waals surface area contributed by atoms with Gasteiger partial charge in [-0.1, -0.05) is 131 Å². The quantitative estimate of drug-likeness (QED) is 0.0204. The van der Waals surface area contributed by atoms with Crippen LogP contribution in [0.1, 0.15) is 68.2 Å². The van der Waals surface area contributed by atoms with Gasteiger partial charge >= 0.3 is 5.97 Å². The van der Waals surface area contributed by atoms with Crippen LogP contribution in [-0.4, -0.2) is 136 Å². The van der Waals surface area contributed by atoms with Crippen LogP contribution in [0.4, 0.5) is 0 Å². The molecule has 5 aromatic carbocycles. The summed E-state index contributed by atoms with van der Waals surface area (Å²) in [6.07, 6.45) is -0.167. The van der Waals surface area contributed by atoms with Gasteiger partial charge in [-0.2, -0.15) is 0 Å². The van der Waals surface area contributed by atoms with Crippen molar-refractivity contribution in [3.05, 3.63) is 154 Å². The first-order valence-corrected chi connectivity index (χ1v) is 27.7. The monoisotopic (exact) mass is 1170 g/mol. The molecular weight excluding hydrogens is 1100 g/mol. The van der Waals surface area contributed by atoms with Gasteiger partial charge in [-0.3, -0.25) is 39.0 Å². The summed E-state index contributed by atoms with van der Waals surface area (Å²) < 4.78 is 0.784. The number of aliphatic hydroxyl groups is 1. The lowest BCUT2D eigenvalue weighted by atomic mass is 9.97. The third kappa shape index (κ3) is 19.0. The number of benzene rings is 5. The first kappa shape index (κ1) is 62.0. The van der Waals surface area contributed by atoms with Gasteiger partial charge in [-0.25, -0.2) is 4.79 Å². The topological polar surface area (TPSA) is 340 Å². The summed E-state index contributed by atoms with van der Waals surface area (Å²) in [4.78, 5) is 113. The summed E-state index contributed by atoms with van der Waals surface area (Å²) in [5, 5.41) is 49.2. The molecule has 0 aliphatic carbocycles. The maximum absolute atomic E-state index is 14.8. The van der Waals surface area contributed by atoms with Gasteiger partial charge in [-0.05, 0) is 97.5 Å². The van der Waals surface area contributed by atoms with Crippen molar-refractivity contribution in [1.82, 2.24) is 42.1 Å². The van der Waals surface area contributed by atoms with E-state index in [1.165, 1.54) is 18.7 Å². The molecule has 7 amide bonds. The largest absolute Gasteiger partial charge is 0.480 e. The number of nitrogens with two attached hydrogens (primary N) is 2. The summed E-state index contributed by atoms with van der Waals surface area (Å²) in [6.45, 7) is 2.86. The predicted molar refractivity (Wildman–Crippen MR) is 309 cm³/mol. The van der Waals surface area contributed by atoms with Crippen LogP contribution in [0, 0.1) is 5.41 Å². The second-order valence-corrected chi connectivity index (χ2v) is 21.2. The number of carbonyl (C=O) groups excluding carboxylic acids is 7. The number of carboxylic acids is 1. The first-order valence-electron chi connectivity index (χ1n) is 26.9. The SMILES string of the molecule is C[C@H](NC(=O)[C@H](CCCNC(=N)N)NC(=O)[C@H](Cc1ccc2ccccc2c1)NC(=O)[C@@H]1CCCCN1C(=O)[C@H](NC(=O)[C@H](Cc1ccc(Br)cc1)NC(=O)[C@H](N)Cc1ccccc1)[C@H](C)O)C(=O)N[C@H](Cc1ccccc1)C(=O)O. The van der Waals surface area contributed by atoms with Gasteiger partial charge in [-0.15, -0.1) is 0 Å². The van der Waals surface area contributed by atoms with Crippen molar-refractivity contribution in [2.75, 3.05) is 13.1 Å². The molecule has 6 rings (SSSR count). The Morgan fingerprint density at radius 1 is 0.617 bits per heavy atom. The van der Waals surface area contributed by atoms with Crippen LogP contribution in [0.15, 0.2) is 132 Å². The third-order valence-corrected chi connectivity index (χ3v) is 14.4. The van der Waals surface area contributed by atoms with Crippen LogP contribution >= 0.6 is 15.9 Å². The fourth-order valence-electron chi connectivity index (χ4n) is 9.47. The second kappa shape index (κ2) is 30.4. The smallest absolute Gasteiger partial charge is 0.326 e. The molecule has 0 radical (unpaired) electrons. The maximum atomic E-state index is 14.8. The lowest BCUT2D eigenvalue weighted by molar-refractivity contribution is -0.148. The van der Waals surface area contributed by atoms with E-state index >= 15 is 0 Å². The number of piperidine rings is 1. The highest BCUT2D eigenvalue weighted by Gasteiger charge is 2.40. The first-order chi connectivity index (χ1) is 38.8. The van der Waals surface area contributed by atoms with E-state index in [0.717, 1.165) is 20.8 Å². The van der Waals surface area contributed by atoms with Crippen LogP contribution in [0.25, 0.3) is 10.8 Å². The van der Waals surface area contributed by atoms with E-state index in [0.29, 0.717) is 29.5 Å². The highest BCUT2D eigenvalue weighted by atomic mass is 79.9. The Balaban J connectivity index is 1.22. The Morgan fingerprint density at radius 2 is 1.15 bits per heavy atom. The molecular formula is C59H72BrN11O10. The number of rotatable bonds is 27. The molecule has 14 N–H and O–H groups in total. The molecule has 0 unspecified atom stereocenters. The zero-order chi connectivity index (χ0) is 58.6. The van der Waals surface area contributed by atoms with Crippen LogP contribution < -0.4 is 48.7 Å². The van der Waals surface area contributed by atoms with E-state index in [1.807, 2.05) is 66.7 Å². The van der Waals surface area contributed by atoms with Gasteiger partial charge in [0.25, 0.3) is 0 Å². The highest BCUT2D eigenvalue weighted by molar-refractivity contribution is 9.10. The fourth-order valence-corrected chi connectivity index (χ4v) is 9.73. The fraction of sp³-hybridized carbons (Fsp3) is 0.373. The number of guanidine groups is 1.